The summed E-state index contributed by atoms with van der Waals surface area (Å²) in [5, 5.41) is 17.2. The van der Waals surface area contributed by atoms with Gasteiger partial charge >= 0.3 is 0 Å². The number of hydrogen-bond acceptors (Lipinski definition) is 6. The number of rotatable bonds is 7. The van der Waals surface area contributed by atoms with Crippen molar-refractivity contribution in [1.82, 2.24) is 30.5 Å². The third kappa shape index (κ3) is 4.12. The zero-order valence-electron chi connectivity index (χ0n) is 15.0. The minimum Gasteiger partial charge on any atom is -0.354 e. The van der Waals surface area contributed by atoms with Gasteiger partial charge in [-0.3, -0.25) is 4.79 Å². The van der Waals surface area contributed by atoms with Crippen LogP contribution in [0.4, 0.5) is 0 Å². The Kier molecular flexibility index (Phi) is 5.48. The maximum Gasteiger partial charge on any atom is 0.249 e. The van der Waals surface area contributed by atoms with Gasteiger partial charge in [-0.25, -0.2) is 9.67 Å². The largest absolute Gasteiger partial charge is 0.354 e. The number of benzene rings is 2. The molecule has 7 nitrogen and oxygen atoms in total. The van der Waals surface area contributed by atoms with Gasteiger partial charge in [-0.05, 0) is 16.0 Å². The molecule has 0 aliphatic rings. The Morgan fingerprint density at radius 1 is 1.07 bits per heavy atom. The van der Waals surface area contributed by atoms with Gasteiger partial charge < -0.3 is 5.32 Å². The van der Waals surface area contributed by atoms with Gasteiger partial charge in [-0.1, -0.05) is 60.7 Å². The van der Waals surface area contributed by atoms with Gasteiger partial charge in [0, 0.05) is 23.9 Å². The van der Waals surface area contributed by atoms with Gasteiger partial charge in [-0.2, -0.15) is 0 Å². The molecule has 0 saturated heterocycles. The normalized spacial score (nSPS) is 11.9. The molecular formula is C20H18N6OS. The minimum atomic E-state index is -0.604. The highest BCUT2D eigenvalue weighted by Crippen LogP contribution is 2.22. The highest BCUT2D eigenvalue weighted by Gasteiger charge is 2.23. The van der Waals surface area contributed by atoms with E-state index in [1.165, 1.54) is 11.0 Å². The molecule has 1 amide bonds. The SMILES string of the molecule is O=C(NCCc1nc(-c2ccccc2)cs1)[C@@H](c1ccccc1)n1cnnn1. The Morgan fingerprint density at radius 2 is 1.82 bits per heavy atom. The Balaban J connectivity index is 1.40. The van der Waals surface area contributed by atoms with Crippen molar-refractivity contribution >= 4 is 17.2 Å². The lowest BCUT2D eigenvalue weighted by atomic mass is 10.1. The van der Waals surface area contributed by atoms with E-state index in [1.54, 1.807) is 11.3 Å². The molecule has 0 fully saturated rings. The molecule has 1 N–H and O–H groups in total. The molecule has 4 aromatic rings. The van der Waals surface area contributed by atoms with Gasteiger partial charge in [-0.15, -0.1) is 16.4 Å². The van der Waals surface area contributed by atoms with Crippen molar-refractivity contribution in [2.75, 3.05) is 6.54 Å². The van der Waals surface area contributed by atoms with Crippen LogP contribution >= 0.6 is 11.3 Å². The molecule has 2 heterocycles. The lowest BCUT2D eigenvalue weighted by Crippen LogP contribution is -2.34. The molecule has 2 aromatic heterocycles. The van der Waals surface area contributed by atoms with Crippen LogP contribution in [-0.4, -0.2) is 37.6 Å². The molecule has 0 unspecified atom stereocenters. The molecule has 0 spiro atoms. The van der Waals surface area contributed by atoms with E-state index >= 15 is 0 Å². The Morgan fingerprint density at radius 3 is 2.54 bits per heavy atom. The molecule has 2 aromatic carbocycles. The maximum absolute atomic E-state index is 12.8. The lowest BCUT2D eigenvalue weighted by molar-refractivity contribution is -0.123. The van der Waals surface area contributed by atoms with E-state index in [4.69, 9.17) is 0 Å². The van der Waals surface area contributed by atoms with Crippen LogP contribution < -0.4 is 5.32 Å². The van der Waals surface area contributed by atoms with E-state index in [0.717, 1.165) is 21.8 Å². The molecule has 0 aliphatic heterocycles. The Hall–Kier alpha value is -3.39. The number of tetrazole rings is 1. The molecule has 0 saturated carbocycles. The molecule has 4 rings (SSSR count). The summed E-state index contributed by atoms with van der Waals surface area (Å²) in [6.07, 6.45) is 2.12. The van der Waals surface area contributed by atoms with Gasteiger partial charge in [0.05, 0.1) is 10.7 Å². The summed E-state index contributed by atoms with van der Waals surface area (Å²) >= 11 is 1.60. The van der Waals surface area contributed by atoms with Crippen LogP contribution in [0.2, 0.25) is 0 Å². The van der Waals surface area contributed by atoms with Crippen molar-refractivity contribution in [2.24, 2.45) is 0 Å². The zero-order chi connectivity index (χ0) is 19.2. The number of nitrogens with zero attached hydrogens (tertiary/aromatic N) is 5. The average Bonchev–Trinajstić information content (AvgIpc) is 3.42. The topological polar surface area (TPSA) is 85.6 Å². The molecule has 28 heavy (non-hydrogen) atoms. The van der Waals surface area contributed by atoms with Crippen molar-refractivity contribution < 1.29 is 4.79 Å². The highest BCUT2D eigenvalue weighted by molar-refractivity contribution is 7.09. The summed E-state index contributed by atoms with van der Waals surface area (Å²) in [5.41, 5.74) is 2.88. The smallest absolute Gasteiger partial charge is 0.249 e. The van der Waals surface area contributed by atoms with E-state index in [2.05, 4.69) is 25.8 Å². The average molecular weight is 390 g/mol. The monoisotopic (exact) mass is 390 g/mol. The third-order valence-corrected chi connectivity index (χ3v) is 5.16. The van der Waals surface area contributed by atoms with Crippen molar-refractivity contribution in [3.8, 4) is 11.3 Å². The van der Waals surface area contributed by atoms with Crippen LogP contribution in [0.5, 0.6) is 0 Å². The van der Waals surface area contributed by atoms with Crippen LogP contribution in [0.25, 0.3) is 11.3 Å². The fourth-order valence-electron chi connectivity index (χ4n) is 2.90. The first kappa shape index (κ1) is 18.0. The third-order valence-electron chi connectivity index (χ3n) is 4.25. The van der Waals surface area contributed by atoms with Gasteiger partial charge in [0.1, 0.15) is 6.33 Å². The first-order valence-corrected chi connectivity index (χ1v) is 9.74. The molecule has 0 radical (unpaired) electrons. The van der Waals surface area contributed by atoms with Crippen LogP contribution in [0.15, 0.2) is 72.4 Å². The standard InChI is InChI=1S/C20H18N6OS/c27-20(19(26-14-22-24-25-26)16-9-5-2-6-10-16)21-12-11-18-23-17(13-28-18)15-7-3-1-4-8-15/h1-10,13-14,19H,11-12H2,(H,21,27)/t19-/m1/s1. The summed E-state index contributed by atoms with van der Waals surface area (Å²) in [5.74, 6) is -0.154. The zero-order valence-corrected chi connectivity index (χ0v) is 15.8. The molecule has 140 valence electrons. The number of aromatic nitrogens is 5. The van der Waals surface area contributed by atoms with E-state index < -0.39 is 6.04 Å². The van der Waals surface area contributed by atoms with Crippen LogP contribution in [-0.2, 0) is 11.2 Å². The Bertz CT molecular complexity index is 1020. The van der Waals surface area contributed by atoms with Gasteiger partial charge in [0.2, 0.25) is 5.91 Å². The van der Waals surface area contributed by atoms with Crippen molar-refractivity contribution in [2.45, 2.75) is 12.5 Å². The van der Waals surface area contributed by atoms with Gasteiger partial charge in [0.15, 0.2) is 6.04 Å². The van der Waals surface area contributed by atoms with Gasteiger partial charge in [0.25, 0.3) is 0 Å². The van der Waals surface area contributed by atoms with E-state index in [0.29, 0.717) is 13.0 Å². The number of hydrogen-bond donors (Lipinski definition) is 1. The van der Waals surface area contributed by atoms with E-state index in [-0.39, 0.29) is 5.91 Å². The summed E-state index contributed by atoms with van der Waals surface area (Å²) in [6.45, 7) is 0.492. The second-order valence-electron chi connectivity index (χ2n) is 6.14. The minimum absolute atomic E-state index is 0.154. The van der Waals surface area contributed by atoms with Crippen molar-refractivity contribution in [1.29, 1.82) is 0 Å². The molecule has 1 atom stereocenters. The second-order valence-corrected chi connectivity index (χ2v) is 7.08. The fourth-order valence-corrected chi connectivity index (χ4v) is 3.71. The number of amides is 1. The molecule has 0 aliphatic carbocycles. The number of carbonyl (C=O) groups is 1. The predicted molar refractivity (Wildman–Crippen MR) is 107 cm³/mol. The lowest BCUT2D eigenvalue weighted by Gasteiger charge is -2.16. The quantitative estimate of drug-likeness (QED) is 0.524. The molecule has 0 bridgehead atoms. The van der Waals surface area contributed by atoms with Crippen LogP contribution in [0.1, 0.15) is 16.6 Å². The second kappa shape index (κ2) is 8.53. The highest BCUT2D eigenvalue weighted by atomic mass is 32.1. The fraction of sp³-hybridized carbons (Fsp3) is 0.150. The van der Waals surface area contributed by atoms with Crippen LogP contribution in [0.3, 0.4) is 0 Å². The molecule has 8 heteroatoms. The summed E-state index contributed by atoms with van der Waals surface area (Å²) in [6, 6.07) is 18.9. The number of carbonyl (C=O) groups excluding carboxylic acids is 1. The summed E-state index contributed by atoms with van der Waals surface area (Å²) in [7, 11) is 0. The van der Waals surface area contributed by atoms with E-state index in [1.807, 2.05) is 66.0 Å². The Labute approximate surface area is 166 Å². The summed E-state index contributed by atoms with van der Waals surface area (Å²) in [4.78, 5) is 17.5. The first-order valence-electron chi connectivity index (χ1n) is 8.86. The maximum atomic E-state index is 12.8. The first-order chi connectivity index (χ1) is 13.8. The van der Waals surface area contributed by atoms with Crippen molar-refractivity contribution in [3.63, 3.8) is 0 Å². The number of thiazole rings is 1. The summed E-state index contributed by atoms with van der Waals surface area (Å²) < 4.78 is 1.46. The van der Waals surface area contributed by atoms with E-state index in [9.17, 15) is 4.79 Å². The van der Waals surface area contributed by atoms with Crippen LogP contribution in [0, 0.1) is 0 Å². The number of nitrogens with one attached hydrogen (secondary N) is 1. The molecular weight excluding hydrogens is 372 g/mol. The van der Waals surface area contributed by atoms with Crippen molar-refractivity contribution in [3.05, 3.63) is 82.9 Å². The predicted octanol–water partition coefficient (Wildman–Crippen LogP) is 2.74.